The summed E-state index contributed by atoms with van der Waals surface area (Å²) in [4.78, 5) is 4.19. The number of nitrogens with zero attached hydrogens (tertiary/aromatic N) is 1. The molecule has 15 heavy (non-hydrogen) atoms. The molecule has 2 nitrogen and oxygen atoms in total. The molecule has 3 heteroatoms. The molecule has 0 aliphatic carbocycles. The van der Waals surface area contributed by atoms with E-state index in [1.807, 2.05) is 30.3 Å². The van der Waals surface area contributed by atoms with Crippen molar-refractivity contribution in [1.82, 2.24) is 4.98 Å². The summed E-state index contributed by atoms with van der Waals surface area (Å²) in [6, 6.07) is 12.2. The Kier molecular flexibility index (Phi) is 2.88. The zero-order chi connectivity index (χ0) is 10.7. The molecule has 0 fully saturated rings. The highest BCUT2D eigenvalue weighted by atomic mass is 35.5. The van der Waals surface area contributed by atoms with Gasteiger partial charge in [0.05, 0.1) is 17.8 Å². The van der Waals surface area contributed by atoms with E-state index in [4.69, 9.17) is 16.3 Å². The first-order chi connectivity index (χ1) is 7.31. The molecule has 0 spiro atoms. The average Bonchev–Trinajstić information content (AvgIpc) is 2.30. The van der Waals surface area contributed by atoms with E-state index in [1.165, 1.54) is 0 Å². The number of rotatable bonds is 2. The summed E-state index contributed by atoms with van der Waals surface area (Å²) in [5, 5.41) is 0.588. The maximum absolute atomic E-state index is 6.02. The first kappa shape index (κ1) is 9.99. The van der Waals surface area contributed by atoms with Crippen LogP contribution in [0.2, 0.25) is 5.02 Å². The Labute approximate surface area is 93.5 Å². The van der Waals surface area contributed by atoms with Crippen LogP contribution in [0.25, 0.3) is 11.3 Å². The number of aromatic nitrogens is 1. The third kappa shape index (κ3) is 2.10. The normalized spacial score (nSPS) is 10.0. The minimum absolute atomic E-state index is 0.588. The Balaban J connectivity index is 2.43. The minimum Gasteiger partial charge on any atom is -0.495 e. The van der Waals surface area contributed by atoms with Gasteiger partial charge in [0.2, 0.25) is 0 Å². The molecule has 1 heterocycles. The van der Waals surface area contributed by atoms with Crippen LogP contribution in [0.4, 0.5) is 0 Å². The van der Waals surface area contributed by atoms with Gasteiger partial charge < -0.3 is 4.74 Å². The molecular weight excluding hydrogens is 210 g/mol. The van der Waals surface area contributed by atoms with Gasteiger partial charge in [-0.05, 0) is 24.3 Å². The van der Waals surface area contributed by atoms with Crippen LogP contribution in [0.1, 0.15) is 0 Å². The summed E-state index contributed by atoms with van der Waals surface area (Å²) in [7, 11) is 1.59. The van der Waals surface area contributed by atoms with Gasteiger partial charge in [-0.1, -0.05) is 17.7 Å². The highest BCUT2D eigenvalue weighted by Gasteiger charge is 2.03. The van der Waals surface area contributed by atoms with E-state index < -0.39 is 0 Å². The number of methoxy groups -OCH3 is 1. The Morgan fingerprint density at radius 1 is 1.33 bits per heavy atom. The lowest BCUT2D eigenvalue weighted by molar-refractivity contribution is 0.415. The summed E-state index contributed by atoms with van der Waals surface area (Å²) >= 11 is 6.02. The highest BCUT2D eigenvalue weighted by Crippen LogP contribution is 2.28. The third-order valence-electron chi connectivity index (χ3n) is 2.06. The second-order valence-electron chi connectivity index (χ2n) is 2.99. The van der Waals surface area contributed by atoms with Gasteiger partial charge in [-0.25, -0.2) is 0 Å². The fourth-order valence-electron chi connectivity index (χ4n) is 1.32. The van der Waals surface area contributed by atoms with Crippen molar-refractivity contribution in [2.45, 2.75) is 0 Å². The second-order valence-corrected chi connectivity index (χ2v) is 3.40. The molecule has 2 rings (SSSR count). The zero-order valence-corrected chi connectivity index (χ0v) is 8.95. The molecule has 1 aromatic carbocycles. The van der Waals surface area contributed by atoms with E-state index in [0.717, 1.165) is 11.3 Å². The van der Waals surface area contributed by atoms with Crippen LogP contribution >= 0.6 is 11.6 Å². The molecule has 0 N–H and O–H groups in total. The molecule has 75 valence electrons. The van der Waals surface area contributed by atoms with Crippen LogP contribution in [-0.4, -0.2) is 12.1 Å². The topological polar surface area (TPSA) is 22.1 Å². The van der Waals surface area contributed by atoms with Crippen molar-refractivity contribution in [1.29, 1.82) is 0 Å². The number of hydrogen-bond donors (Lipinski definition) is 0. The number of ether oxygens (including phenoxy) is 1. The maximum Gasteiger partial charge on any atom is 0.137 e. The van der Waals surface area contributed by atoms with Crippen molar-refractivity contribution < 1.29 is 4.74 Å². The van der Waals surface area contributed by atoms with E-state index in [0.29, 0.717) is 10.8 Å². The predicted octanol–water partition coefficient (Wildman–Crippen LogP) is 3.21. The first-order valence-corrected chi connectivity index (χ1v) is 4.85. The number of pyridine rings is 1. The molecule has 0 aliphatic heterocycles. The number of benzene rings is 1. The first-order valence-electron chi connectivity index (χ1n) is 4.47. The van der Waals surface area contributed by atoms with Gasteiger partial charge in [0, 0.05) is 17.8 Å². The zero-order valence-electron chi connectivity index (χ0n) is 8.20. The predicted molar refractivity (Wildman–Crippen MR) is 60.1 cm³/mol. The molecule has 0 aliphatic rings. The van der Waals surface area contributed by atoms with E-state index >= 15 is 0 Å². The van der Waals surface area contributed by atoms with Crippen molar-refractivity contribution in [3.63, 3.8) is 0 Å². The van der Waals surface area contributed by atoms with Gasteiger partial charge in [0.25, 0.3) is 0 Å². The molecule has 0 saturated carbocycles. The molecule has 0 atom stereocenters. The molecule has 0 unspecified atom stereocenters. The van der Waals surface area contributed by atoms with Gasteiger partial charge in [-0.3, -0.25) is 4.98 Å². The van der Waals surface area contributed by atoms with Gasteiger partial charge in [0.1, 0.15) is 5.75 Å². The second kappa shape index (κ2) is 4.32. The van der Waals surface area contributed by atoms with E-state index in [1.54, 1.807) is 13.3 Å². The smallest absolute Gasteiger partial charge is 0.137 e. The van der Waals surface area contributed by atoms with Gasteiger partial charge in [0.15, 0.2) is 0 Å². The fourth-order valence-corrected chi connectivity index (χ4v) is 1.57. The summed E-state index contributed by atoms with van der Waals surface area (Å²) in [5.41, 5.74) is 1.84. The lowest BCUT2D eigenvalue weighted by Crippen LogP contribution is -1.86. The molecule has 1 aromatic heterocycles. The van der Waals surface area contributed by atoms with Crippen molar-refractivity contribution in [2.24, 2.45) is 0 Å². The van der Waals surface area contributed by atoms with Crippen LogP contribution in [0.3, 0.4) is 0 Å². The maximum atomic E-state index is 6.02. The Morgan fingerprint density at radius 3 is 2.80 bits per heavy atom. The van der Waals surface area contributed by atoms with Crippen molar-refractivity contribution in [3.8, 4) is 17.0 Å². The largest absolute Gasteiger partial charge is 0.495 e. The monoisotopic (exact) mass is 218 g/mol. The van der Waals surface area contributed by atoms with E-state index in [-0.39, 0.29) is 0 Å². The van der Waals surface area contributed by atoms with Gasteiger partial charge >= 0.3 is 0 Å². The molecule has 0 saturated heterocycles. The Hall–Kier alpha value is -1.54. The van der Waals surface area contributed by atoms with Crippen molar-refractivity contribution >= 4 is 11.6 Å². The van der Waals surface area contributed by atoms with Crippen LogP contribution in [0, 0.1) is 6.07 Å². The van der Waals surface area contributed by atoms with Crippen LogP contribution in [0.15, 0.2) is 36.5 Å². The lowest BCUT2D eigenvalue weighted by Gasteiger charge is -2.05. The van der Waals surface area contributed by atoms with Gasteiger partial charge in [-0.15, -0.1) is 0 Å². The number of hydrogen-bond acceptors (Lipinski definition) is 2. The standard InChI is InChI=1S/C12H9ClNO/c1-15-12-6-5-9(8-10(12)13)11-4-2-3-7-14-11/h2,4-8H,1H3. The fraction of sp³-hybridized carbons (Fsp3) is 0.0833. The highest BCUT2D eigenvalue weighted by molar-refractivity contribution is 6.32. The van der Waals surface area contributed by atoms with Crippen molar-refractivity contribution in [3.05, 3.63) is 47.6 Å². The minimum atomic E-state index is 0.588. The molecule has 0 bridgehead atoms. The molecule has 1 radical (unpaired) electrons. The third-order valence-corrected chi connectivity index (χ3v) is 2.36. The summed E-state index contributed by atoms with van der Waals surface area (Å²) in [5.74, 6) is 0.669. The summed E-state index contributed by atoms with van der Waals surface area (Å²) in [6.45, 7) is 0. The van der Waals surface area contributed by atoms with Crippen LogP contribution in [-0.2, 0) is 0 Å². The molecule has 2 aromatic rings. The number of halogens is 1. The summed E-state index contributed by atoms with van der Waals surface area (Å²) < 4.78 is 5.08. The average molecular weight is 219 g/mol. The van der Waals surface area contributed by atoms with Crippen molar-refractivity contribution in [2.75, 3.05) is 7.11 Å². The summed E-state index contributed by atoms with van der Waals surface area (Å²) in [6.07, 6.45) is 1.63. The molecule has 0 amide bonds. The quantitative estimate of drug-likeness (QED) is 0.772. The SMILES string of the molecule is COc1ccc(-c2cc[c]cn2)cc1Cl. The van der Waals surface area contributed by atoms with Gasteiger partial charge in [-0.2, -0.15) is 0 Å². The Bertz CT molecular complexity index is 456. The van der Waals surface area contributed by atoms with E-state index in [9.17, 15) is 0 Å². The Morgan fingerprint density at radius 2 is 2.20 bits per heavy atom. The molecular formula is C12H9ClNO. The van der Waals surface area contributed by atoms with Crippen LogP contribution < -0.4 is 4.74 Å². The van der Waals surface area contributed by atoms with E-state index in [2.05, 4.69) is 11.1 Å². The lowest BCUT2D eigenvalue weighted by atomic mass is 10.1. The van der Waals surface area contributed by atoms with Crippen LogP contribution in [0.5, 0.6) is 5.75 Å².